The van der Waals surface area contributed by atoms with E-state index in [2.05, 4.69) is 5.10 Å². The van der Waals surface area contributed by atoms with Gasteiger partial charge in [-0.05, 0) is 42.5 Å². The maximum absolute atomic E-state index is 12.5. The molecule has 1 amide bonds. The number of rotatable bonds is 6. The molecule has 1 aromatic heterocycles. The number of aromatic nitrogens is 2. The largest absolute Gasteiger partial charge is 0.490 e. The van der Waals surface area contributed by atoms with Crippen LogP contribution >= 0.6 is 11.6 Å². The highest BCUT2D eigenvalue weighted by molar-refractivity contribution is 6.32. The minimum Gasteiger partial charge on any atom is -0.490 e. The Morgan fingerprint density at radius 3 is 2.60 bits per heavy atom. The first-order valence-corrected chi connectivity index (χ1v) is 8.26. The third-order valence-corrected chi connectivity index (χ3v) is 4.06. The molecule has 0 atom stereocenters. The Morgan fingerprint density at radius 2 is 1.92 bits per heavy atom. The highest BCUT2D eigenvalue weighted by atomic mass is 35.5. The van der Waals surface area contributed by atoms with Crippen molar-refractivity contribution < 1.29 is 9.53 Å². The molecule has 0 unspecified atom stereocenters. The Hall–Kier alpha value is -2.79. The number of hydrogen-bond donors (Lipinski definition) is 0. The lowest BCUT2D eigenvalue weighted by molar-refractivity contribution is 0.0774. The van der Waals surface area contributed by atoms with Crippen LogP contribution in [0.3, 0.4) is 0 Å². The first kappa shape index (κ1) is 17.0. The second-order valence-corrected chi connectivity index (χ2v) is 5.91. The summed E-state index contributed by atoms with van der Waals surface area (Å²) in [6.07, 6.45) is 3.57. The molecule has 0 saturated carbocycles. The van der Waals surface area contributed by atoms with E-state index in [9.17, 15) is 4.79 Å². The van der Waals surface area contributed by atoms with E-state index in [1.54, 1.807) is 47.1 Å². The number of amides is 1. The number of ether oxygens (including phenoxy) is 1. The predicted molar refractivity (Wildman–Crippen MR) is 97.5 cm³/mol. The van der Waals surface area contributed by atoms with Gasteiger partial charge in [0.2, 0.25) is 0 Å². The minimum absolute atomic E-state index is 0.0604. The van der Waals surface area contributed by atoms with E-state index in [0.29, 0.717) is 29.5 Å². The topological polar surface area (TPSA) is 47.4 Å². The van der Waals surface area contributed by atoms with Crippen molar-refractivity contribution in [1.82, 2.24) is 14.7 Å². The van der Waals surface area contributed by atoms with E-state index in [1.807, 2.05) is 36.5 Å². The Kier molecular flexibility index (Phi) is 5.36. The summed E-state index contributed by atoms with van der Waals surface area (Å²) in [5.74, 6) is 0.559. The van der Waals surface area contributed by atoms with Crippen LogP contribution in [0.5, 0.6) is 5.75 Å². The molecule has 2 aromatic carbocycles. The van der Waals surface area contributed by atoms with Crippen molar-refractivity contribution in [3.63, 3.8) is 0 Å². The average molecular weight is 356 g/mol. The van der Waals surface area contributed by atoms with Crippen molar-refractivity contribution in [2.75, 3.05) is 20.2 Å². The molecular weight excluding hydrogens is 338 g/mol. The number of para-hydroxylation sites is 1. The molecular formula is C19H18ClN3O2. The van der Waals surface area contributed by atoms with E-state index in [4.69, 9.17) is 16.3 Å². The third-order valence-electron chi connectivity index (χ3n) is 3.75. The zero-order chi connectivity index (χ0) is 17.6. The molecule has 0 spiro atoms. The Bertz CT molecular complexity index is 832. The summed E-state index contributed by atoms with van der Waals surface area (Å²) in [7, 11) is 1.75. The van der Waals surface area contributed by atoms with Gasteiger partial charge in [-0.25, -0.2) is 4.68 Å². The Morgan fingerprint density at radius 1 is 1.16 bits per heavy atom. The fraction of sp³-hybridized carbons (Fsp3) is 0.158. The molecule has 0 radical (unpaired) electrons. The quantitative estimate of drug-likeness (QED) is 0.677. The van der Waals surface area contributed by atoms with Gasteiger partial charge in [0.15, 0.2) is 0 Å². The highest BCUT2D eigenvalue weighted by Gasteiger charge is 2.12. The molecule has 0 saturated heterocycles. The van der Waals surface area contributed by atoms with Gasteiger partial charge < -0.3 is 9.64 Å². The molecule has 6 heteroatoms. The molecule has 0 aliphatic heterocycles. The lowest BCUT2D eigenvalue weighted by atomic mass is 10.2. The second kappa shape index (κ2) is 7.85. The van der Waals surface area contributed by atoms with Crippen molar-refractivity contribution in [1.29, 1.82) is 0 Å². The standard InChI is InChI=1S/C19H18ClN3O2/c1-22(13-14-25-18-6-3-2-5-17(18)20)19(24)15-7-9-16(10-8-15)23-12-4-11-21-23/h2-12H,13-14H2,1H3. The fourth-order valence-electron chi connectivity index (χ4n) is 2.35. The first-order valence-electron chi connectivity index (χ1n) is 7.88. The van der Waals surface area contributed by atoms with Crippen molar-refractivity contribution in [2.24, 2.45) is 0 Å². The normalized spacial score (nSPS) is 10.5. The summed E-state index contributed by atoms with van der Waals surface area (Å²) in [5, 5.41) is 4.73. The summed E-state index contributed by atoms with van der Waals surface area (Å²) >= 11 is 6.04. The molecule has 0 aliphatic rings. The minimum atomic E-state index is -0.0604. The van der Waals surface area contributed by atoms with Crippen molar-refractivity contribution in [2.45, 2.75) is 0 Å². The van der Waals surface area contributed by atoms with Gasteiger partial charge in [-0.2, -0.15) is 5.10 Å². The maximum atomic E-state index is 12.5. The van der Waals surface area contributed by atoms with Crippen LogP contribution in [0.4, 0.5) is 0 Å². The molecule has 0 N–H and O–H groups in total. The lowest BCUT2D eigenvalue weighted by Crippen LogP contribution is -2.30. The fourth-order valence-corrected chi connectivity index (χ4v) is 2.54. The van der Waals surface area contributed by atoms with E-state index >= 15 is 0 Å². The number of likely N-dealkylation sites (N-methyl/N-ethyl adjacent to an activating group) is 1. The van der Waals surface area contributed by atoms with Crippen LogP contribution in [0.2, 0.25) is 5.02 Å². The number of carbonyl (C=O) groups excluding carboxylic acids is 1. The van der Waals surface area contributed by atoms with Crippen LogP contribution in [0.15, 0.2) is 67.0 Å². The Balaban J connectivity index is 1.56. The summed E-state index contributed by atoms with van der Waals surface area (Å²) in [6.45, 7) is 0.836. The maximum Gasteiger partial charge on any atom is 0.253 e. The van der Waals surface area contributed by atoms with Gasteiger partial charge in [0.25, 0.3) is 5.91 Å². The second-order valence-electron chi connectivity index (χ2n) is 5.50. The van der Waals surface area contributed by atoms with E-state index in [0.717, 1.165) is 5.69 Å². The van der Waals surface area contributed by atoms with Crippen LogP contribution in [0, 0.1) is 0 Å². The predicted octanol–water partition coefficient (Wildman–Crippen LogP) is 3.68. The lowest BCUT2D eigenvalue weighted by Gasteiger charge is -2.18. The van der Waals surface area contributed by atoms with Gasteiger partial charge >= 0.3 is 0 Å². The van der Waals surface area contributed by atoms with Gasteiger partial charge in [-0.15, -0.1) is 0 Å². The molecule has 0 fully saturated rings. The molecule has 0 aliphatic carbocycles. The van der Waals surface area contributed by atoms with Crippen molar-refractivity contribution >= 4 is 17.5 Å². The summed E-state index contributed by atoms with van der Waals surface area (Å²) in [5.41, 5.74) is 1.53. The molecule has 0 bridgehead atoms. The zero-order valence-corrected chi connectivity index (χ0v) is 14.6. The van der Waals surface area contributed by atoms with Crippen LogP contribution in [0.25, 0.3) is 5.69 Å². The number of carbonyl (C=O) groups is 1. The van der Waals surface area contributed by atoms with Crippen LogP contribution < -0.4 is 4.74 Å². The number of nitrogens with zero attached hydrogens (tertiary/aromatic N) is 3. The summed E-state index contributed by atoms with van der Waals surface area (Å²) < 4.78 is 7.37. The molecule has 3 aromatic rings. The van der Waals surface area contributed by atoms with Crippen molar-refractivity contribution in [3.8, 4) is 11.4 Å². The monoisotopic (exact) mass is 355 g/mol. The zero-order valence-electron chi connectivity index (χ0n) is 13.8. The van der Waals surface area contributed by atoms with E-state index in [-0.39, 0.29) is 5.91 Å². The molecule has 128 valence electrons. The molecule has 1 heterocycles. The Labute approximate surface area is 151 Å². The van der Waals surface area contributed by atoms with Crippen LogP contribution in [-0.2, 0) is 0 Å². The van der Waals surface area contributed by atoms with Gasteiger partial charge in [0.1, 0.15) is 12.4 Å². The smallest absolute Gasteiger partial charge is 0.253 e. The van der Waals surface area contributed by atoms with Gasteiger partial charge in [-0.1, -0.05) is 23.7 Å². The van der Waals surface area contributed by atoms with Gasteiger partial charge in [0, 0.05) is 25.0 Å². The number of benzene rings is 2. The SMILES string of the molecule is CN(CCOc1ccccc1Cl)C(=O)c1ccc(-n2cccn2)cc1. The van der Waals surface area contributed by atoms with Crippen molar-refractivity contribution in [3.05, 3.63) is 77.6 Å². The third kappa shape index (κ3) is 4.19. The highest BCUT2D eigenvalue weighted by Crippen LogP contribution is 2.22. The van der Waals surface area contributed by atoms with E-state index < -0.39 is 0 Å². The van der Waals surface area contributed by atoms with Gasteiger partial charge in [-0.3, -0.25) is 4.79 Å². The summed E-state index contributed by atoms with van der Waals surface area (Å²) in [6, 6.07) is 16.5. The number of halogens is 1. The van der Waals surface area contributed by atoms with Crippen LogP contribution in [-0.4, -0.2) is 40.8 Å². The van der Waals surface area contributed by atoms with Gasteiger partial charge in [0.05, 0.1) is 17.3 Å². The number of hydrogen-bond acceptors (Lipinski definition) is 3. The molecule has 5 nitrogen and oxygen atoms in total. The summed E-state index contributed by atoms with van der Waals surface area (Å²) in [4.78, 5) is 14.1. The first-order chi connectivity index (χ1) is 12.1. The van der Waals surface area contributed by atoms with Crippen LogP contribution in [0.1, 0.15) is 10.4 Å². The van der Waals surface area contributed by atoms with E-state index in [1.165, 1.54) is 0 Å². The average Bonchev–Trinajstić information content (AvgIpc) is 3.17. The molecule has 3 rings (SSSR count). The molecule has 25 heavy (non-hydrogen) atoms.